The van der Waals surface area contributed by atoms with E-state index in [1.54, 1.807) is 0 Å². The van der Waals surface area contributed by atoms with Crippen LogP contribution in [0.2, 0.25) is 0 Å². The van der Waals surface area contributed by atoms with Gasteiger partial charge in [0, 0.05) is 13.6 Å². The number of hydrogen-bond acceptors (Lipinski definition) is 2. The Morgan fingerprint density at radius 3 is 2.42 bits per heavy atom. The summed E-state index contributed by atoms with van der Waals surface area (Å²) in [6, 6.07) is 2.26. The lowest BCUT2D eigenvalue weighted by atomic mass is 9.82. The molecule has 2 fully saturated rings. The van der Waals surface area contributed by atoms with Crippen LogP contribution in [0.1, 0.15) is 52.4 Å². The summed E-state index contributed by atoms with van der Waals surface area (Å²) in [4.78, 5) is 14.4. The van der Waals surface area contributed by atoms with E-state index in [1.165, 1.54) is 25.7 Å². The van der Waals surface area contributed by atoms with Gasteiger partial charge in [0.1, 0.15) is 5.41 Å². The Balaban J connectivity index is 1.98. The minimum absolute atomic E-state index is 0.0303. The van der Waals surface area contributed by atoms with Gasteiger partial charge in [-0.2, -0.15) is 5.26 Å². The highest BCUT2D eigenvalue weighted by Gasteiger charge is 2.42. The molecule has 3 atom stereocenters. The van der Waals surface area contributed by atoms with E-state index in [2.05, 4.69) is 6.07 Å². The topological polar surface area (TPSA) is 44.1 Å². The number of nitrogens with zero attached hydrogens (tertiary/aromatic N) is 2. The van der Waals surface area contributed by atoms with Gasteiger partial charge in [-0.05, 0) is 49.9 Å². The molecule has 0 radical (unpaired) electrons. The highest BCUT2D eigenvalue weighted by Crippen LogP contribution is 2.48. The summed E-state index contributed by atoms with van der Waals surface area (Å²) in [7, 11) is 1.88. The van der Waals surface area contributed by atoms with E-state index >= 15 is 0 Å². The van der Waals surface area contributed by atoms with Crippen LogP contribution in [0, 0.1) is 34.5 Å². The van der Waals surface area contributed by atoms with E-state index in [0.717, 1.165) is 18.4 Å². The maximum atomic E-state index is 12.6. The van der Waals surface area contributed by atoms with Crippen molar-refractivity contribution < 1.29 is 4.79 Å². The third-order valence-corrected chi connectivity index (χ3v) is 5.57. The lowest BCUT2D eigenvalue weighted by Gasteiger charge is -2.32. The average Bonchev–Trinajstić information content (AvgIpc) is 3.03. The number of hydrogen-bond donors (Lipinski definition) is 0. The van der Waals surface area contributed by atoms with Crippen LogP contribution < -0.4 is 0 Å². The molecule has 2 aliphatic carbocycles. The van der Waals surface area contributed by atoms with Crippen LogP contribution in [0.25, 0.3) is 0 Å². The standard InChI is InChI=1S/C16H26N2O/c1-4-16(5-2,11-17)15(19)18(3)10-14-9-12-6-7-13(14)8-12/h12-14H,4-10H2,1-3H3. The van der Waals surface area contributed by atoms with Crippen molar-refractivity contribution in [3.63, 3.8) is 0 Å². The molecular weight excluding hydrogens is 236 g/mol. The molecule has 19 heavy (non-hydrogen) atoms. The zero-order chi connectivity index (χ0) is 14.0. The molecule has 0 aromatic rings. The van der Waals surface area contributed by atoms with E-state index in [0.29, 0.717) is 18.8 Å². The summed E-state index contributed by atoms with van der Waals surface area (Å²) in [6.45, 7) is 4.73. The fraction of sp³-hybridized carbons (Fsp3) is 0.875. The summed E-state index contributed by atoms with van der Waals surface area (Å²) in [6.07, 6.45) is 6.63. The molecule has 1 amide bonds. The fourth-order valence-corrected chi connectivity index (χ4v) is 4.16. The Labute approximate surface area is 117 Å². The molecule has 2 rings (SSSR count). The van der Waals surface area contributed by atoms with Crippen LogP contribution in [0.3, 0.4) is 0 Å². The number of carbonyl (C=O) groups is 1. The molecule has 3 unspecified atom stereocenters. The molecular formula is C16H26N2O. The molecule has 0 spiro atoms. The summed E-state index contributed by atoms with van der Waals surface area (Å²) in [5.74, 6) is 2.46. The highest BCUT2D eigenvalue weighted by molar-refractivity contribution is 5.85. The molecule has 0 saturated heterocycles. The Bertz CT molecular complexity index is 381. The van der Waals surface area contributed by atoms with Gasteiger partial charge in [0.15, 0.2) is 0 Å². The molecule has 0 heterocycles. The van der Waals surface area contributed by atoms with Gasteiger partial charge in [-0.3, -0.25) is 4.79 Å². The van der Waals surface area contributed by atoms with Gasteiger partial charge in [0.2, 0.25) is 5.91 Å². The fourth-order valence-electron chi connectivity index (χ4n) is 4.16. The van der Waals surface area contributed by atoms with Gasteiger partial charge in [-0.1, -0.05) is 20.3 Å². The molecule has 3 heteroatoms. The normalized spacial score (nSPS) is 29.3. The number of nitriles is 1. The predicted octanol–water partition coefficient (Wildman–Crippen LogP) is 3.21. The summed E-state index contributed by atoms with van der Waals surface area (Å²) in [5.41, 5.74) is -0.799. The molecule has 3 nitrogen and oxygen atoms in total. The minimum Gasteiger partial charge on any atom is -0.344 e. The van der Waals surface area contributed by atoms with Gasteiger partial charge >= 0.3 is 0 Å². The Hall–Kier alpha value is -1.04. The van der Waals surface area contributed by atoms with Crippen molar-refractivity contribution in [2.24, 2.45) is 23.2 Å². The minimum atomic E-state index is -0.799. The lowest BCUT2D eigenvalue weighted by Crippen LogP contribution is -2.43. The van der Waals surface area contributed by atoms with Crippen LogP contribution >= 0.6 is 0 Å². The van der Waals surface area contributed by atoms with Gasteiger partial charge < -0.3 is 4.90 Å². The van der Waals surface area contributed by atoms with E-state index in [-0.39, 0.29) is 5.91 Å². The summed E-state index contributed by atoms with van der Waals surface area (Å²) < 4.78 is 0. The quantitative estimate of drug-likeness (QED) is 0.763. The molecule has 2 bridgehead atoms. The van der Waals surface area contributed by atoms with Crippen molar-refractivity contribution in [1.82, 2.24) is 4.90 Å². The number of rotatable bonds is 5. The molecule has 0 aromatic heterocycles. The first-order valence-corrected chi connectivity index (χ1v) is 7.73. The van der Waals surface area contributed by atoms with Crippen molar-refractivity contribution in [3.05, 3.63) is 0 Å². The number of carbonyl (C=O) groups excluding carboxylic acids is 1. The molecule has 0 aliphatic heterocycles. The van der Waals surface area contributed by atoms with Crippen LogP contribution in [-0.4, -0.2) is 24.4 Å². The first-order valence-electron chi connectivity index (χ1n) is 7.73. The molecule has 2 saturated carbocycles. The monoisotopic (exact) mass is 262 g/mol. The first-order chi connectivity index (χ1) is 9.06. The zero-order valence-electron chi connectivity index (χ0n) is 12.5. The van der Waals surface area contributed by atoms with Crippen LogP contribution in [0.5, 0.6) is 0 Å². The Kier molecular flexibility index (Phi) is 4.18. The molecule has 0 aromatic carbocycles. The van der Waals surface area contributed by atoms with Crippen LogP contribution in [-0.2, 0) is 4.79 Å². The molecule has 0 N–H and O–H groups in total. The van der Waals surface area contributed by atoms with Crippen LogP contribution in [0.15, 0.2) is 0 Å². The van der Waals surface area contributed by atoms with Crippen molar-refractivity contribution in [2.45, 2.75) is 52.4 Å². The van der Waals surface area contributed by atoms with Crippen molar-refractivity contribution in [1.29, 1.82) is 5.26 Å². The maximum Gasteiger partial charge on any atom is 0.242 e. The van der Waals surface area contributed by atoms with Crippen LogP contribution in [0.4, 0.5) is 0 Å². The number of amides is 1. The van der Waals surface area contributed by atoms with Crippen molar-refractivity contribution >= 4 is 5.91 Å². The predicted molar refractivity (Wildman–Crippen MR) is 75.2 cm³/mol. The summed E-state index contributed by atoms with van der Waals surface area (Å²) in [5, 5.41) is 9.36. The largest absolute Gasteiger partial charge is 0.344 e. The average molecular weight is 262 g/mol. The number of fused-ring (bicyclic) bond motifs is 2. The third-order valence-electron chi connectivity index (χ3n) is 5.57. The smallest absolute Gasteiger partial charge is 0.242 e. The molecule has 106 valence electrons. The van der Waals surface area contributed by atoms with Gasteiger partial charge in [-0.15, -0.1) is 0 Å². The van der Waals surface area contributed by atoms with E-state index in [4.69, 9.17) is 0 Å². The Morgan fingerprint density at radius 2 is 2.00 bits per heavy atom. The van der Waals surface area contributed by atoms with Crippen molar-refractivity contribution in [2.75, 3.05) is 13.6 Å². The van der Waals surface area contributed by atoms with Crippen molar-refractivity contribution in [3.8, 4) is 6.07 Å². The SMILES string of the molecule is CCC(C#N)(CC)C(=O)N(C)CC1CC2CCC1C2. The summed E-state index contributed by atoms with van der Waals surface area (Å²) >= 11 is 0. The highest BCUT2D eigenvalue weighted by atomic mass is 16.2. The molecule has 2 aliphatic rings. The van der Waals surface area contributed by atoms with E-state index in [9.17, 15) is 10.1 Å². The second-order valence-corrected chi connectivity index (χ2v) is 6.52. The van der Waals surface area contributed by atoms with Gasteiger partial charge in [0.05, 0.1) is 6.07 Å². The van der Waals surface area contributed by atoms with E-state index in [1.807, 2.05) is 25.8 Å². The van der Waals surface area contributed by atoms with Gasteiger partial charge in [-0.25, -0.2) is 0 Å². The van der Waals surface area contributed by atoms with Gasteiger partial charge in [0.25, 0.3) is 0 Å². The third kappa shape index (κ3) is 2.50. The second kappa shape index (κ2) is 5.53. The Morgan fingerprint density at radius 1 is 1.32 bits per heavy atom. The second-order valence-electron chi connectivity index (χ2n) is 6.52. The lowest BCUT2D eigenvalue weighted by molar-refractivity contribution is -0.138. The zero-order valence-corrected chi connectivity index (χ0v) is 12.5. The van der Waals surface area contributed by atoms with E-state index < -0.39 is 5.41 Å². The maximum absolute atomic E-state index is 12.6. The first kappa shape index (κ1) is 14.4.